The van der Waals surface area contributed by atoms with E-state index in [0.29, 0.717) is 6.04 Å². The molecule has 17 heavy (non-hydrogen) atoms. The van der Waals surface area contributed by atoms with Gasteiger partial charge < -0.3 is 9.88 Å². The van der Waals surface area contributed by atoms with Gasteiger partial charge in [-0.05, 0) is 26.7 Å². The number of hydrogen-bond acceptors (Lipinski definition) is 2. The van der Waals surface area contributed by atoms with E-state index >= 15 is 0 Å². The summed E-state index contributed by atoms with van der Waals surface area (Å²) in [5.74, 6) is 1.07. The van der Waals surface area contributed by atoms with Gasteiger partial charge in [-0.2, -0.15) is 0 Å². The zero-order chi connectivity index (χ0) is 12.1. The Hall–Kier alpha value is -0.990. The number of aromatic nitrogens is 2. The first-order valence-corrected chi connectivity index (χ1v) is 7.10. The van der Waals surface area contributed by atoms with Crippen LogP contribution in [0.15, 0.2) is 6.20 Å². The summed E-state index contributed by atoms with van der Waals surface area (Å²) in [6.45, 7) is 5.16. The van der Waals surface area contributed by atoms with Gasteiger partial charge in [0.2, 0.25) is 5.95 Å². The summed E-state index contributed by atoms with van der Waals surface area (Å²) >= 11 is 0. The van der Waals surface area contributed by atoms with Gasteiger partial charge in [0.15, 0.2) is 0 Å². The van der Waals surface area contributed by atoms with Crippen LogP contribution >= 0.6 is 0 Å². The van der Waals surface area contributed by atoms with Gasteiger partial charge in [0.1, 0.15) is 0 Å². The largest absolute Gasteiger partial charge is 0.356 e. The molecule has 1 aliphatic rings. The molecule has 0 saturated heterocycles. The molecule has 3 heteroatoms. The van der Waals surface area contributed by atoms with Crippen molar-refractivity contribution in [3.05, 3.63) is 11.9 Å². The van der Waals surface area contributed by atoms with Crippen LogP contribution in [0.3, 0.4) is 0 Å². The zero-order valence-corrected chi connectivity index (χ0v) is 11.2. The van der Waals surface area contributed by atoms with Crippen LogP contribution in [-0.2, 0) is 0 Å². The molecule has 1 aromatic rings. The predicted octanol–water partition coefficient (Wildman–Crippen LogP) is 3.91. The maximum atomic E-state index is 4.58. The smallest absolute Gasteiger partial charge is 0.203 e. The lowest BCUT2D eigenvalue weighted by atomic mass is 9.96. The molecular weight excluding hydrogens is 210 g/mol. The molecule has 96 valence electrons. The first-order valence-electron chi connectivity index (χ1n) is 7.10. The number of aryl methyl sites for hydroxylation is 1. The average Bonchev–Trinajstić information content (AvgIpc) is 2.60. The van der Waals surface area contributed by atoms with Gasteiger partial charge in [-0.15, -0.1) is 0 Å². The van der Waals surface area contributed by atoms with Crippen molar-refractivity contribution in [2.75, 3.05) is 11.9 Å². The summed E-state index contributed by atoms with van der Waals surface area (Å²) < 4.78 is 2.38. The number of nitrogens with zero attached hydrogens (tertiary/aromatic N) is 2. The summed E-state index contributed by atoms with van der Waals surface area (Å²) in [7, 11) is 0. The second kappa shape index (κ2) is 6.08. The number of hydrogen-bond donors (Lipinski definition) is 1. The number of anilines is 1. The van der Waals surface area contributed by atoms with Crippen molar-refractivity contribution in [3.8, 4) is 0 Å². The van der Waals surface area contributed by atoms with Crippen LogP contribution in [0.25, 0.3) is 0 Å². The Kier molecular flexibility index (Phi) is 4.46. The summed E-state index contributed by atoms with van der Waals surface area (Å²) in [5, 5.41) is 3.38. The lowest BCUT2D eigenvalue weighted by Gasteiger charge is -2.23. The second-order valence-electron chi connectivity index (χ2n) is 5.14. The van der Waals surface area contributed by atoms with Gasteiger partial charge in [0, 0.05) is 18.8 Å². The third kappa shape index (κ3) is 3.24. The topological polar surface area (TPSA) is 29.9 Å². The van der Waals surface area contributed by atoms with E-state index in [9.17, 15) is 0 Å². The Morgan fingerprint density at radius 1 is 1.24 bits per heavy atom. The quantitative estimate of drug-likeness (QED) is 0.861. The SMILES string of the molecule is CCNc1nc(C)cn1C1CCCCCCC1. The summed E-state index contributed by atoms with van der Waals surface area (Å²) in [4.78, 5) is 4.58. The molecule has 0 amide bonds. The summed E-state index contributed by atoms with van der Waals surface area (Å²) in [5.41, 5.74) is 1.13. The second-order valence-corrected chi connectivity index (χ2v) is 5.14. The van der Waals surface area contributed by atoms with E-state index in [0.717, 1.165) is 18.2 Å². The molecule has 0 aromatic carbocycles. The first-order chi connectivity index (χ1) is 8.31. The highest BCUT2D eigenvalue weighted by atomic mass is 15.2. The standard InChI is InChI=1S/C14H25N3/c1-3-15-14-16-12(2)11-17(14)13-9-7-5-4-6-8-10-13/h11,13H,3-10H2,1-2H3,(H,15,16). The molecule has 0 atom stereocenters. The predicted molar refractivity (Wildman–Crippen MR) is 72.5 cm³/mol. The van der Waals surface area contributed by atoms with Crippen LogP contribution in [0.5, 0.6) is 0 Å². The van der Waals surface area contributed by atoms with Crippen LogP contribution in [0, 0.1) is 6.92 Å². The molecule has 1 saturated carbocycles. The molecule has 1 aliphatic carbocycles. The van der Waals surface area contributed by atoms with Crippen molar-refractivity contribution in [3.63, 3.8) is 0 Å². The third-order valence-corrected chi connectivity index (χ3v) is 3.66. The van der Waals surface area contributed by atoms with Crippen molar-refractivity contribution in [2.24, 2.45) is 0 Å². The fraction of sp³-hybridized carbons (Fsp3) is 0.786. The van der Waals surface area contributed by atoms with Crippen LogP contribution < -0.4 is 5.32 Å². The van der Waals surface area contributed by atoms with E-state index < -0.39 is 0 Å². The van der Waals surface area contributed by atoms with E-state index in [1.54, 1.807) is 0 Å². The van der Waals surface area contributed by atoms with E-state index in [4.69, 9.17) is 0 Å². The number of nitrogens with one attached hydrogen (secondary N) is 1. The van der Waals surface area contributed by atoms with Gasteiger partial charge in [0.05, 0.1) is 5.69 Å². The van der Waals surface area contributed by atoms with Crippen molar-refractivity contribution in [1.82, 2.24) is 9.55 Å². The average molecular weight is 235 g/mol. The summed E-state index contributed by atoms with van der Waals surface area (Å²) in [6, 6.07) is 0.658. The van der Waals surface area contributed by atoms with Gasteiger partial charge in [-0.25, -0.2) is 4.98 Å². The number of rotatable bonds is 3. The van der Waals surface area contributed by atoms with Crippen molar-refractivity contribution >= 4 is 5.95 Å². The molecule has 0 spiro atoms. The van der Waals surface area contributed by atoms with Gasteiger partial charge in [-0.1, -0.05) is 32.1 Å². The Morgan fingerprint density at radius 2 is 1.88 bits per heavy atom. The van der Waals surface area contributed by atoms with Crippen molar-refractivity contribution in [1.29, 1.82) is 0 Å². The minimum absolute atomic E-state index is 0.658. The molecule has 1 fully saturated rings. The monoisotopic (exact) mass is 235 g/mol. The lowest BCUT2D eigenvalue weighted by molar-refractivity contribution is 0.374. The maximum Gasteiger partial charge on any atom is 0.203 e. The fourth-order valence-corrected chi connectivity index (χ4v) is 2.80. The molecule has 0 bridgehead atoms. The molecular formula is C14H25N3. The highest BCUT2D eigenvalue weighted by molar-refractivity contribution is 5.29. The summed E-state index contributed by atoms with van der Waals surface area (Å²) in [6.07, 6.45) is 11.8. The van der Waals surface area contributed by atoms with Gasteiger partial charge >= 0.3 is 0 Å². The molecule has 1 heterocycles. The molecule has 1 aromatic heterocycles. The van der Waals surface area contributed by atoms with Gasteiger partial charge in [-0.3, -0.25) is 0 Å². The molecule has 0 radical (unpaired) electrons. The highest BCUT2D eigenvalue weighted by Gasteiger charge is 2.16. The van der Waals surface area contributed by atoms with E-state index in [1.165, 1.54) is 44.9 Å². The van der Waals surface area contributed by atoms with Crippen molar-refractivity contribution < 1.29 is 0 Å². The Bertz CT molecular complexity index is 335. The van der Waals surface area contributed by atoms with E-state index in [1.807, 2.05) is 0 Å². The minimum Gasteiger partial charge on any atom is -0.356 e. The molecule has 0 aliphatic heterocycles. The Labute approximate surface area is 105 Å². The third-order valence-electron chi connectivity index (χ3n) is 3.66. The van der Waals surface area contributed by atoms with Crippen LogP contribution in [0.1, 0.15) is 63.6 Å². The molecule has 1 N–H and O–H groups in total. The lowest BCUT2D eigenvalue weighted by Crippen LogP contribution is -2.14. The minimum atomic E-state index is 0.658. The first kappa shape index (κ1) is 12.5. The Morgan fingerprint density at radius 3 is 2.53 bits per heavy atom. The number of imidazole rings is 1. The molecule has 2 rings (SSSR count). The fourth-order valence-electron chi connectivity index (χ4n) is 2.80. The van der Waals surface area contributed by atoms with Gasteiger partial charge in [0.25, 0.3) is 0 Å². The van der Waals surface area contributed by atoms with Crippen LogP contribution in [0.2, 0.25) is 0 Å². The van der Waals surface area contributed by atoms with Crippen LogP contribution in [-0.4, -0.2) is 16.1 Å². The molecule has 3 nitrogen and oxygen atoms in total. The normalized spacial score (nSPS) is 18.7. The van der Waals surface area contributed by atoms with Crippen LogP contribution in [0.4, 0.5) is 5.95 Å². The van der Waals surface area contributed by atoms with E-state index in [2.05, 4.69) is 34.9 Å². The Balaban J connectivity index is 2.12. The molecule has 0 unspecified atom stereocenters. The zero-order valence-electron chi connectivity index (χ0n) is 11.2. The van der Waals surface area contributed by atoms with E-state index in [-0.39, 0.29) is 0 Å². The maximum absolute atomic E-state index is 4.58. The highest BCUT2D eigenvalue weighted by Crippen LogP contribution is 2.29. The van der Waals surface area contributed by atoms with Crippen molar-refractivity contribution in [2.45, 2.75) is 64.8 Å².